The predicted molar refractivity (Wildman–Crippen MR) is 76.4 cm³/mol. The Morgan fingerprint density at radius 2 is 2.00 bits per heavy atom. The number of nitrogens with two attached hydrogens (primary N) is 1. The van der Waals surface area contributed by atoms with Crippen molar-refractivity contribution in [1.29, 1.82) is 0 Å². The van der Waals surface area contributed by atoms with E-state index in [2.05, 4.69) is 0 Å². The molecule has 104 valence electrons. The van der Waals surface area contributed by atoms with Crippen LogP contribution >= 0.6 is 0 Å². The maximum Gasteiger partial charge on any atom is 0.229 e. The molecule has 1 saturated heterocycles. The fourth-order valence-corrected chi connectivity index (χ4v) is 2.46. The third-order valence-electron chi connectivity index (χ3n) is 3.60. The van der Waals surface area contributed by atoms with Gasteiger partial charge in [-0.3, -0.25) is 4.79 Å². The number of rotatable bonds is 3. The van der Waals surface area contributed by atoms with E-state index in [-0.39, 0.29) is 18.1 Å². The molecule has 0 bridgehead atoms. The molecule has 4 nitrogen and oxygen atoms in total. The quantitative estimate of drug-likeness (QED) is 0.909. The smallest absolute Gasteiger partial charge is 0.229 e. The van der Waals surface area contributed by atoms with Crippen molar-refractivity contribution in [2.24, 2.45) is 5.73 Å². The minimum atomic E-state index is -0.395. The first-order valence-corrected chi connectivity index (χ1v) is 6.68. The van der Waals surface area contributed by atoms with Gasteiger partial charge in [-0.25, -0.2) is 0 Å². The molecule has 1 aromatic carbocycles. The Hall–Kier alpha value is -1.55. The Morgan fingerprint density at radius 3 is 2.53 bits per heavy atom. The number of para-hydroxylation sites is 2. The highest BCUT2D eigenvalue weighted by atomic mass is 16.5. The number of benzene rings is 1. The number of hydrogen-bond acceptors (Lipinski definition) is 3. The fraction of sp³-hybridized carbons (Fsp3) is 0.533. The molecule has 1 heterocycles. The van der Waals surface area contributed by atoms with Gasteiger partial charge in [0.25, 0.3) is 0 Å². The zero-order valence-electron chi connectivity index (χ0n) is 12.0. The van der Waals surface area contributed by atoms with Crippen LogP contribution in [0.1, 0.15) is 34.1 Å². The van der Waals surface area contributed by atoms with E-state index in [4.69, 9.17) is 10.5 Å². The van der Waals surface area contributed by atoms with Gasteiger partial charge in [0.1, 0.15) is 5.75 Å². The molecule has 2 N–H and O–H groups in total. The van der Waals surface area contributed by atoms with E-state index in [0.717, 1.165) is 11.4 Å². The second-order valence-corrected chi connectivity index (χ2v) is 5.83. The molecular weight excluding hydrogens is 240 g/mol. The Bertz CT molecular complexity index is 483. The Kier molecular flexibility index (Phi) is 3.54. The van der Waals surface area contributed by atoms with Crippen LogP contribution < -0.4 is 15.4 Å². The molecule has 1 fully saturated rings. The van der Waals surface area contributed by atoms with Crippen molar-refractivity contribution in [1.82, 2.24) is 0 Å². The van der Waals surface area contributed by atoms with Gasteiger partial charge in [0, 0.05) is 12.5 Å². The lowest BCUT2D eigenvalue weighted by atomic mass is 9.96. The maximum atomic E-state index is 12.2. The molecule has 1 amide bonds. The number of anilines is 1. The maximum absolute atomic E-state index is 12.2. The van der Waals surface area contributed by atoms with Crippen molar-refractivity contribution in [2.45, 2.75) is 51.8 Å². The van der Waals surface area contributed by atoms with Crippen molar-refractivity contribution in [3.05, 3.63) is 24.3 Å². The van der Waals surface area contributed by atoms with E-state index in [1.165, 1.54) is 0 Å². The van der Waals surface area contributed by atoms with Crippen molar-refractivity contribution in [2.75, 3.05) is 4.90 Å². The van der Waals surface area contributed by atoms with Crippen LogP contribution in [-0.2, 0) is 4.79 Å². The summed E-state index contributed by atoms with van der Waals surface area (Å²) in [5, 5.41) is 0. The SMILES string of the molecule is CC(C)Oc1ccccc1N1C(=O)CC(N)C1(C)C. The van der Waals surface area contributed by atoms with Gasteiger partial charge in [0.15, 0.2) is 0 Å². The number of nitrogens with zero attached hydrogens (tertiary/aromatic N) is 1. The summed E-state index contributed by atoms with van der Waals surface area (Å²) in [5.41, 5.74) is 6.49. The minimum Gasteiger partial charge on any atom is -0.489 e. The molecule has 1 aliphatic rings. The largest absolute Gasteiger partial charge is 0.489 e. The summed E-state index contributed by atoms with van der Waals surface area (Å²) < 4.78 is 5.80. The van der Waals surface area contributed by atoms with Crippen LogP contribution in [0.5, 0.6) is 5.75 Å². The molecule has 1 aromatic rings. The van der Waals surface area contributed by atoms with Crippen LogP contribution in [0.25, 0.3) is 0 Å². The van der Waals surface area contributed by atoms with Crippen LogP contribution in [0, 0.1) is 0 Å². The first-order valence-electron chi connectivity index (χ1n) is 6.68. The summed E-state index contributed by atoms with van der Waals surface area (Å²) in [6.45, 7) is 7.93. The molecule has 1 aliphatic heterocycles. The van der Waals surface area contributed by atoms with Gasteiger partial charge < -0.3 is 15.4 Å². The molecule has 4 heteroatoms. The lowest BCUT2D eigenvalue weighted by molar-refractivity contribution is -0.117. The normalized spacial score (nSPS) is 22.1. The third kappa shape index (κ3) is 2.45. The highest BCUT2D eigenvalue weighted by molar-refractivity contribution is 5.99. The number of ether oxygens (including phenoxy) is 1. The molecule has 2 rings (SSSR count). The zero-order chi connectivity index (χ0) is 14.2. The van der Waals surface area contributed by atoms with E-state index >= 15 is 0 Å². The first kappa shape index (κ1) is 13.9. The van der Waals surface area contributed by atoms with Gasteiger partial charge in [0.2, 0.25) is 5.91 Å². The van der Waals surface area contributed by atoms with Gasteiger partial charge >= 0.3 is 0 Å². The Morgan fingerprint density at radius 1 is 1.37 bits per heavy atom. The molecule has 1 unspecified atom stereocenters. The second kappa shape index (κ2) is 4.85. The minimum absolute atomic E-state index is 0.0531. The molecule has 0 spiro atoms. The monoisotopic (exact) mass is 262 g/mol. The van der Waals surface area contributed by atoms with Gasteiger partial charge in [0.05, 0.1) is 17.3 Å². The number of amides is 1. The fourth-order valence-electron chi connectivity index (χ4n) is 2.46. The molecular formula is C15H22N2O2. The number of carbonyl (C=O) groups excluding carboxylic acids is 1. The van der Waals surface area contributed by atoms with Crippen LogP contribution in [-0.4, -0.2) is 23.6 Å². The molecule has 0 aromatic heterocycles. The molecule has 0 saturated carbocycles. The molecule has 0 radical (unpaired) electrons. The summed E-state index contributed by atoms with van der Waals surface area (Å²) in [6, 6.07) is 7.47. The summed E-state index contributed by atoms with van der Waals surface area (Å²) in [7, 11) is 0. The molecule has 0 aliphatic carbocycles. The first-order chi connectivity index (χ1) is 8.84. The summed E-state index contributed by atoms with van der Waals surface area (Å²) in [5.74, 6) is 0.783. The van der Waals surface area contributed by atoms with Gasteiger partial charge in [-0.1, -0.05) is 12.1 Å². The second-order valence-electron chi connectivity index (χ2n) is 5.83. The lowest BCUT2D eigenvalue weighted by Gasteiger charge is -2.35. The molecule has 19 heavy (non-hydrogen) atoms. The van der Waals surface area contributed by atoms with Crippen molar-refractivity contribution >= 4 is 11.6 Å². The van der Waals surface area contributed by atoms with E-state index < -0.39 is 5.54 Å². The predicted octanol–water partition coefficient (Wildman–Crippen LogP) is 2.32. The summed E-state index contributed by atoms with van der Waals surface area (Å²) in [4.78, 5) is 14.0. The van der Waals surface area contributed by atoms with Crippen molar-refractivity contribution in [3.63, 3.8) is 0 Å². The van der Waals surface area contributed by atoms with Crippen LogP contribution in [0.3, 0.4) is 0 Å². The standard InChI is InChI=1S/C15H22N2O2/c1-10(2)19-12-8-6-5-7-11(12)17-14(18)9-13(16)15(17,3)4/h5-8,10,13H,9,16H2,1-4H3. The average Bonchev–Trinajstić information content (AvgIpc) is 2.49. The van der Waals surface area contributed by atoms with E-state index in [0.29, 0.717) is 6.42 Å². The number of carbonyl (C=O) groups is 1. The number of hydrogen-bond donors (Lipinski definition) is 1. The van der Waals surface area contributed by atoms with Crippen LogP contribution in [0.2, 0.25) is 0 Å². The van der Waals surface area contributed by atoms with E-state index in [9.17, 15) is 4.79 Å². The summed E-state index contributed by atoms with van der Waals surface area (Å²) >= 11 is 0. The average molecular weight is 262 g/mol. The van der Waals surface area contributed by atoms with Crippen LogP contribution in [0.15, 0.2) is 24.3 Å². The van der Waals surface area contributed by atoms with E-state index in [1.807, 2.05) is 52.0 Å². The lowest BCUT2D eigenvalue weighted by Crippen LogP contribution is -2.49. The van der Waals surface area contributed by atoms with Crippen molar-refractivity contribution in [3.8, 4) is 5.75 Å². The Labute approximate surface area is 114 Å². The Balaban J connectivity index is 2.44. The zero-order valence-corrected chi connectivity index (χ0v) is 12.0. The highest BCUT2D eigenvalue weighted by Crippen LogP contribution is 2.39. The van der Waals surface area contributed by atoms with Gasteiger partial charge in [-0.2, -0.15) is 0 Å². The third-order valence-corrected chi connectivity index (χ3v) is 3.60. The van der Waals surface area contributed by atoms with Gasteiger partial charge in [-0.05, 0) is 39.8 Å². The summed E-state index contributed by atoms with van der Waals surface area (Å²) in [6.07, 6.45) is 0.443. The van der Waals surface area contributed by atoms with E-state index in [1.54, 1.807) is 4.90 Å². The highest BCUT2D eigenvalue weighted by Gasteiger charge is 2.45. The molecule has 1 atom stereocenters. The topological polar surface area (TPSA) is 55.6 Å². The van der Waals surface area contributed by atoms with Crippen LogP contribution in [0.4, 0.5) is 5.69 Å². The van der Waals surface area contributed by atoms with Crippen molar-refractivity contribution < 1.29 is 9.53 Å². The van der Waals surface area contributed by atoms with Gasteiger partial charge in [-0.15, -0.1) is 0 Å².